The van der Waals surface area contributed by atoms with Crippen molar-refractivity contribution in [2.45, 2.75) is 13.8 Å². The van der Waals surface area contributed by atoms with Gasteiger partial charge in [0.25, 0.3) is 0 Å². The number of aryl methyl sites for hydroxylation is 2. The summed E-state index contributed by atoms with van der Waals surface area (Å²) in [5.41, 5.74) is 1.24. The third-order valence-corrected chi connectivity index (χ3v) is 2.37. The minimum Gasteiger partial charge on any atom is -0.461 e. The van der Waals surface area contributed by atoms with Crippen LogP contribution in [0, 0.1) is 6.92 Å². The minimum absolute atomic E-state index is 0.333. The second-order valence-electron chi connectivity index (χ2n) is 3.51. The largest absolute Gasteiger partial charge is 0.461 e. The van der Waals surface area contributed by atoms with Crippen molar-refractivity contribution in [2.75, 3.05) is 6.61 Å². The van der Waals surface area contributed by atoms with Crippen LogP contribution in [0.15, 0.2) is 12.3 Å². The number of aromatic nitrogens is 3. The maximum Gasteiger partial charge on any atom is 0.355 e. The number of ether oxygens (including phenoxy) is 1. The molecule has 0 aromatic carbocycles. The van der Waals surface area contributed by atoms with E-state index < -0.39 is 0 Å². The molecule has 0 aliphatic carbocycles. The van der Waals surface area contributed by atoms with Gasteiger partial charge in [-0.25, -0.2) is 14.8 Å². The third-order valence-electron chi connectivity index (χ3n) is 2.37. The van der Waals surface area contributed by atoms with Crippen molar-refractivity contribution in [3.63, 3.8) is 0 Å². The highest BCUT2D eigenvalue weighted by Crippen LogP contribution is 2.16. The van der Waals surface area contributed by atoms with Crippen LogP contribution in [0.25, 0.3) is 11.0 Å². The lowest BCUT2D eigenvalue weighted by molar-refractivity contribution is 0.0516. The molecule has 5 nitrogen and oxygen atoms in total. The fraction of sp³-hybridized carbons (Fsp3) is 0.364. The predicted octanol–water partition coefficient (Wildman–Crippen LogP) is 1.45. The molecule has 2 heterocycles. The maximum atomic E-state index is 11.6. The summed E-state index contributed by atoms with van der Waals surface area (Å²) in [6, 6.07) is 1.74. The van der Waals surface area contributed by atoms with E-state index in [4.69, 9.17) is 4.74 Å². The number of hydrogen-bond acceptors (Lipinski definition) is 4. The number of fused-ring (bicyclic) bond motifs is 1. The highest BCUT2D eigenvalue weighted by Gasteiger charge is 2.15. The topological polar surface area (TPSA) is 57.0 Å². The van der Waals surface area contributed by atoms with Crippen LogP contribution < -0.4 is 0 Å². The molecule has 0 spiro atoms. The second kappa shape index (κ2) is 3.92. The lowest BCUT2D eigenvalue weighted by Crippen LogP contribution is -2.09. The monoisotopic (exact) mass is 219 g/mol. The number of esters is 1. The first kappa shape index (κ1) is 10.6. The summed E-state index contributed by atoms with van der Waals surface area (Å²) in [5.74, 6) is 0.352. The molecular formula is C11H13N3O2. The Morgan fingerprint density at radius 2 is 2.31 bits per heavy atom. The molecule has 0 fully saturated rings. The molecule has 84 valence electrons. The summed E-state index contributed by atoms with van der Waals surface area (Å²) in [7, 11) is 1.79. The van der Waals surface area contributed by atoms with E-state index in [1.807, 2.05) is 6.92 Å². The molecule has 0 atom stereocenters. The van der Waals surface area contributed by atoms with Crippen molar-refractivity contribution >= 4 is 17.0 Å². The molecule has 0 N–H and O–H groups in total. The van der Waals surface area contributed by atoms with Gasteiger partial charge < -0.3 is 9.30 Å². The smallest absolute Gasteiger partial charge is 0.355 e. The van der Waals surface area contributed by atoms with Crippen molar-refractivity contribution in [3.05, 3.63) is 23.8 Å². The lowest BCUT2D eigenvalue weighted by atomic mass is 10.3. The van der Waals surface area contributed by atoms with Crippen LogP contribution in [0.2, 0.25) is 0 Å². The van der Waals surface area contributed by atoms with Gasteiger partial charge in [0.1, 0.15) is 17.2 Å². The number of nitrogens with zero attached hydrogens (tertiary/aromatic N) is 3. The molecule has 0 aliphatic rings. The predicted molar refractivity (Wildman–Crippen MR) is 59.2 cm³/mol. The van der Waals surface area contributed by atoms with Gasteiger partial charge in [0.05, 0.1) is 6.61 Å². The van der Waals surface area contributed by atoms with E-state index in [1.54, 1.807) is 30.8 Å². The van der Waals surface area contributed by atoms with Gasteiger partial charge in [0.2, 0.25) is 0 Å². The first-order valence-electron chi connectivity index (χ1n) is 5.09. The molecule has 0 aliphatic heterocycles. The SMILES string of the molecule is CCOC(=O)c1cc2cnc(C)nc2n1C. The third kappa shape index (κ3) is 1.64. The summed E-state index contributed by atoms with van der Waals surface area (Å²) in [5, 5.41) is 0.844. The number of hydrogen-bond donors (Lipinski definition) is 0. The molecule has 0 bridgehead atoms. The molecule has 2 aromatic heterocycles. The van der Waals surface area contributed by atoms with Crippen molar-refractivity contribution in [2.24, 2.45) is 7.05 Å². The zero-order valence-electron chi connectivity index (χ0n) is 9.52. The Hall–Kier alpha value is -1.91. The Kier molecular flexibility index (Phi) is 2.60. The molecule has 2 aromatic rings. The lowest BCUT2D eigenvalue weighted by Gasteiger charge is -2.02. The van der Waals surface area contributed by atoms with E-state index in [9.17, 15) is 4.79 Å². The first-order chi connectivity index (χ1) is 7.63. The summed E-state index contributed by atoms with van der Waals surface area (Å²) in [6.07, 6.45) is 1.71. The van der Waals surface area contributed by atoms with Gasteiger partial charge in [-0.05, 0) is 19.9 Å². The molecule has 0 radical (unpaired) electrons. The fourth-order valence-electron chi connectivity index (χ4n) is 1.60. The van der Waals surface area contributed by atoms with Crippen LogP contribution in [0.1, 0.15) is 23.2 Å². The van der Waals surface area contributed by atoms with E-state index in [0.29, 0.717) is 18.1 Å². The molecule has 0 unspecified atom stereocenters. The second-order valence-corrected chi connectivity index (χ2v) is 3.51. The van der Waals surface area contributed by atoms with Crippen LogP contribution in [0.3, 0.4) is 0 Å². The molecule has 2 rings (SSSR count). The maximum absolute atomic E-state index is 11.6. The zero-order chi connectivity index (χ0) is 11.7. The highest BCUT2D eigenvalue weighted by atomic mass is 16.5. The molecular weight excluding hydrogens is 206 g/mol. The van der Waals surface area contributed by atoms with Crippen LogP contribution in [-0.4, -0.2) is 27.1 Å². The summed E-state index contributed by atoms with van der Waals surface area (Å²) in [4.78, 5) is 20.0. The standard InChI is InChI=1S/C11H13N3O2/c1-4-16-11(15)9-5-8-6-12-7(2)13-10(8)14(9)3/h5-6H,4H2,1-3H3. The Morgan fingerprint density at radius 3 is 3.00 bits per heavy atom. The number of rotatable bonds is 2. The molecule has 5 heteroatoms. The Labute approximate surface area is 93.1 Å². The van der Waals surface area contributed by atoms with Gasteiger partial charge >= 0.3 is 5.97 Å². The Bertz CT molecular complexity index is 545. The van der Waals surface area contributed by atoms with Gasteiger partial charge in [-0.3, -0.25) is 0 Å². The summed E-state index contributed by atoms with van der Waals surface area (Å²) in [6.45, 7) is 3.96. The Morgan fingerprint density at radius 1 is 1.56 bits per heavy atom. The zero-order valence-corrected chi connectivity index (χ0v) is 9.52. The highest BCUT2D eigenvalue weighted by molar-refractivity contribution is 5.94. The van der Waals surface area contributed by atoms with Gasteiger partial charge in [0.15, 0.2) is 0 Å². The van der Waals surface area contributed by atoms with Crippen molar-refractivity contribution in [1.82, 2.24) is 14.5 Å². The van der Waals surface area contributed by atoms with Crippen molar-refractivity contribution < 1.29 is 9.53 Å². The molecule has 0 saturated carbocycles. The molecule has 0 saturated heterocycles. The summed E-state index contributed by atoms with van der Waals surface area (Å²) < 4.78 is 6.68. The van der Waals surface area contributed by atoms with Gasteiger partial charge in [-0.1, -0.05) is 0 Å². The average Bonchev–Trinajstić information content (AvgIpc) is 2.57. The van der Waals surface area contributed by atoms with E-state index in [0.717, 1.165) is 11.0 Å². The first-order valence-corrected chi connectivity index (χ1v) is 5.09. The minimum atomic E-state index is -0.333. The average molecular weight is 219 g/mol. The van der Waals surface area contributed by atoms with Crippen LogP contribution >= 0.6 is 0 Å². The Balaban J connectivity index is 2.56. The van der Waals surface area contributed by atoms with Crippen molar-refractivity contribution in [3.8, 4) is 0 Å². The van der Waals surface area contributed by atoms with Crippen LogP contribution in [0.4, 0.5) is 0 Å². The van der Waals surface area contributed by atoms with Gasteiger partial charge in [0, 0.05) is 18.6 Å². The van der Waals surface area contributed by atoms with E-state index in [-0.39, 0.29) is 5.97 Å². The van der Waals surface area contributed by atoms with E-state index in [1.165, 1.54) is 0 Å². The fourth-order valence-corrected chi connectivity index (χ4v) is 1.60. The van der Waals surface area contributed by atoms with Crippen molar-refractivity contribution in [1.29, 1.82) is 0 Å². The van der Waals surface area contributed by atoms with E-state index >= 15 is 0 Å². The van der Waals surface area contributed by atoms with Crippen LogP contribution in [-0.2, 0) is 11.8 Å². The summed E-state index contributed by atoms with van der Waals surface area (Å²) >= 11 is 0. The van der Waals surface area contributed by atoms with Gasteiger partial charge in [-0.15, -0.1) is 0 Å². The number of carbonyl (C=O) groups excluding carboxylic acids is 1. The quantitative estimate of drug-likeness (QED) is 0.717. The van der Waals surface area contributed by atoms with E-state index in [2.05, 4.69) is 9.97 Å². The molecule has 0 amide bonds. The van der Waals surface area contributed by atoms with Crippen LogP contribution in [0.5, 0.6) is 0 Å². The number of carbonyl (C=O) groups is 1. The molecule has 16 heavy (non-hydrogen) atoms. The van der Waals surface area contributed by atoms with Gasteiger partial charge in [-0.2, -0.15) is 0 Å². The normalized spacial score (nSPS) is 10.7.